The fourth-order valence-electron chi connectivity index (χ4n) is 3.26. The van der Waals surface area contributed by atoms with Gasteiger partial charge in [-0.3, -0.25) is 5.41 Å². The van der Waals surface area contributed by atoms with Crippen molar-refractivity contribution in [3.05, 3.63) is 48.0 Å². The Balaban J connectivity index is 2.01. The molecule has 0 saturated carbocycles. The minimum absolute atomic E-state index is 0.170. The van der Waals surface area contributed by atoms with Crippen molar-refractivity contribution in [3.63, 3.8) is 0 Å². The predicted octanol–water partition coefficient (Wildman–Crippen LogP) is 5.45. The number of carbonyl (C=O) groups excluding carboxylic acids is 1. The van der Waals surface area contributed by atoms with E-state index in [0.29, 0.717) is 13.0 Å². The summed E-state index contributed by atoms with van der Waals surface area (Å²) in [7, 11) is 0. The third kappa shape index (κ3) is 9.34. The van der Waals surface area contributed by atoms with E-state index in [-0.39, 0.29) is 19.4 Å². The van der Waals surface area contributed by atoms with Crippen LogP contribution >= 0.6 is 0 Å². The van der Waals surface area contributed by atoms with Crippen molar-refractivity contribution in [2.45, 2.75) is 77.2 Å². The van der Waals surface area contributed by atoms with Gasteiger partial charge < -0.3 is 23.8 Å². The number of ether oxygens (including phenoxy) is 4. The second kappa shape index (κ2) is 12.2. The number of rotatable bonds is 9. The topological polar surface area (TPSA) is 81.1 Å². The summed E-state index contributed by atoms with van der Waals surface area (Å²) >= 11 is 0. The molecular formula is C24H33F3N2O5. The van der Waals surface area contributed by atoms with Crippen molar-refractivity contribution < 1.29 is 36.9 Å². The molecule has 1 amide bonds. The Labute approximate surface area is 198 Å². The Morgan fingerprint density at radius 3 is 2.53 bits per heavy atom. The Bertz CT molecular complexity index is 824. The second-order valence-corrected chi connectivity index (χ2v) is 9.00. The lowest BCUT2D eigenvalue weighted by molar-refractivity contribution is -0.123. The van der Waals surface area contributed by atoms with Crippen LogP contribution in [0.4, 0.5) is 18.0 Å². The minimum atomic E-state index is -4.93. The van der Waals surface area contributed by atoms with E-state index in [4.69, 9.17) is 24.4 Å². The molecule has 1 N–H and O–H groups in total. The van der Waals surface area contributed by atoms with Crippen molar-refractivity contribution in [1.82, 2.24) is 4.90 Å². The Kier molecular flexibility index (Phi) is 9.93. The van der Waals surface area contributed by atoms with Crippen LogP contribution in [0.15, 0.2) is 42.5 Å². The highest BCUT2D eigenvalue weighted by Gasteiger charge is 2.39. The van der Waals surface area contributed by atoms with E-state index in [1.54, 1.807) is 26.8 Å². The second-order valence-electron chi connectivity index (χ2n) is 9.00. The van der Waals surface area contributed by atoms with E-state index < -0.39 is 36.0 Å². The third-order valence-corrected chi connectivity index (χ3v) is 4.95. The lowest BCUT2D eigenvalue weighted by atomic mass is 10.1. The summed E-state index contributed by atoms with van der Waals surface area (Å²) in [6.45, 7) is 7.40. The quantitative estimate of drug-likeness (QED) is 0.165. The molecule has 0 unspecified atom stereocenters. The van der Waals surface area contributed by atoms with Gasteiger partial charge in [0, 0.05) is 6.54 Å². The number of hydrogen-bond acceptors (Lipinski definition) is 6. The first-order chi connectivity index (χ1) is 15.9. The molecule has 1 aromatic carbocycles. The lowest BCUT2D eigenvalue weighted by Crippen LogP contribution is -2.39. The van der Waals surface area contributed by atoms with Gasteiger partial charge in [0.15, 0.2) is 0 Å². The number of nitrogens with one attached hydrogen (secondary N) is 1. The molecule has 1 heterocycles. The molecule has 1 saturated heterocycles. The third-order valence-electron chi connectivity index (χ3n) is 4.95. The van der Waals surface area contributed by atoms with Gasteiger partial charge in [0.25, 0.3) is 5.90 Å². The number of carbonyl (C=O) groups is 1. The number of alkyl halides is 3. The van der Waals surface area contributed by atoms with E-state index in [9.17, 15) is 18.0 Å². The largest absolute Gasteiger partial charge is 0.467 e. The molecule has 0 aliphatic carbocycles. The van der Waals surface area contributed by atoms with Crippen LogP contribution < -0.4 is 0 Å². The van der Waals surface area contributed by atoms with Crippen molar-refractivity contribution in [1.29, 1.82) is 5.41 Å². The first kappa shape index (κ1) is 27.7. The zero-order chi connectivity index (χ0) is 25.4. The van der Waals surface area contributed by atoms with Gasteiger partial charge in [-0.1, -0.05) is 36.4 Å². The monoisotopic (exact) mass is 486 g/mol. The molecule has 1 aliphatic rings. The maximum absolute atomic E-state index is 12.9. The molecule has 1 aromatic rings. The van der Waals surface area contributed by atoms with E-state index in [1.165, 1.54) is 17.9 Å². The molecule has 34 heavy (non-hydrogen) atoms. The van der Waals surface area contributed by atoms with Crippen LogP contribution in [0.3, 0.4) is 0 Å². The van der Waals surface area contributed by atoms with Crippen LogP contribution in [-0.4, -0.2) is 60.3 Å². The first-order valence-electron chi connectivity index (χ1n) is 11.1. The zero-order valence-electron chi connectivity index (χ0n) is 19.9. The van der Waals surface area contributed by atoms with Crippen LogP contribution in [-0.2, 0) is 25.6 Å². The normalized spacial score (nSPS) is 18.7. The van der Waals surface area contributed by atoms with Gasteiger partial charge in [-0.05, 0) is 52.2 Å². The van der Waals surface area contributed by atoms with Crippen molar-refractivity contribution in [2.75, 3.05) is 13.3 Å². The van der Waals surface area contributed by atoms with Gasteiger partial charge in [-0.15, -0.1) is 0 Å². The average molecular weight is 487 g/mol. The fraction of sp³-hybridized carbons (Fsp3) is 0.583. The smallest absolute Gasteiger partial charge is 0.464 e. The number of likely N-dealkylation sites (tertiary alicyclic amines) is 1. The number of amides is 1. The fourth-order valence-corrected chi connectivity index (χ4v) is 3.26. The molecule has 0 spiro atoms. The Morgan fingerprint density at radius 1 is 1.24 bits per heavy atom. The predicted molar refractivity (Wildman–Crippen MR) is 120 cm³/mol. The summed E-state index contributed by atoms with van der Waals surface area (Å²) in [4.78, 5) is 14.0. The number of hydrogen-bond donors (Lipinski definition) is 1. The van der Waals surface area contributed by atoms with E-state index in [2.05, 4.69) is 0 Å². The highest BCUT2D eigenvalue weighted by Crippen LogP contribution is 2.24. The standard InChI is InChI=1S/C24H33F3N2O5/c1-17(32-16-31-15-18-9-6-5-7-10-18)20(33-21(28)24(25,26)27)13-12-19-11-8-14-29(19)22(30)34-23(2,3)4/h5-7,9-10,12-13,17,19-20,28H,8,11,14-16H2,1-4H3/b13-12+,28-21?/t17-,19-,20+/m0/s1. The molecule has 1 fully saturated rings. The zero-order valence-corrected chi connectivity index (χ0v) is 19.9. The van der Waals surface area contributed by atoms with Gasteiger partial charge in [0.1, 0.15) is 18.5 Å². The summed E-state index contributed by atoms with van der Waals surface area (Å²) in [5.74, 6) is -1.82. The maximum Gasteiger partial charge on any atom is 0.467 e. The number of benzene rings is 1. The van der Waals surface area contributed by atoms with Crippen molar-refractivity contribution in [2.24, 2.45) is 0 Å². The maximum atomic E-state index is 12.9. The van der Waals surface area contributed by atoms with Gasteiger partial charge in [-0.2, -0.15) is 13.2 Å². The molecule has 2 rings (SSSR count). The molecule has 1 aliphatic heterocycles. The molecular weight excluding hydrogens is 453 g/mol. The van der Waals surface area contributed by atoms with E-state index in [1.807, 2.05) is 30.3 Å². The SMILES string of the molecule is C[C@H](OCOCc1ccccc1)[C@@H](/C=C/[C@@H]1CCCN1C(=O)OC(C)(C)C)OC(=N)C(F)(F)F. The van der Waals surface area contributed by atoms with Gasteiger partial charge >= 0.3 is 12.3 Å². The Hall–Kier alpha value is -2.59. The van der Waals surface area contributed by atoms with E-state index >= 15 is 0 Å². The van der Waals surface area contributed by atoms with Gasteiger partial charge in [-0.25, -0.2) is 4.79 Å². The van der Waals surface area contributed by atoms with E-state index in [0.717, 1.165) is 12.0 Å². The van der Waals surface area contributed by atoms with Crippen molar-refractivity contribution >= 4 is 12.0 Å². The first-order valence-corrected chi connectivity index (χ1v) is 11.1. The summed E-state index contributed by atoms with van der Waals surface area (Å²) < 4.78 is 60.0. The Morgan fingerprint density at radius 2 is 1.91 bits per heavy atom. The minimum Gasteiger partial charge on any atom is -0.464 e. The molecule has 0 radical (unpaired) electrons. The van der Waals surface area contributed by atoms with Crippen molar-refractivity contribution in [3.8, 4) is 0 Å². The number of nitrogens with zero attached hydrogens (tertiary/aromatic N) is 1. The van der Waals surface area contributed by atoms with Crippen LogP contribution in [0, 0.1) is 5.41 Å². The summed E-state index contributed by atoms with van der Waals surface area (Å²) in [6, 6.07) is 9.00. The average Bonchev–Trinajstić information content (AvgIpc) is 3.21. The van der Waals surface area contributed by atoms with Gasteiger partial charge in [0.2, 0.25) is 0 Å². The van der Waals surface area contributed by atoms with Crippen LogP contribution in [0.1, 0.15) is 46.1 Å². The number of halogens is 3. The van der Waals surface area contributed by atoms with Gasteiger partial charge in [0.05, 0.1) is 18.8 Å². The summed E-state index contributed by atoms with van der Waals surface area (Å²) in [5, 5.41) is 7.23. The summed E-state index contributed by atoms with van der Waals surface area (Å²) in [5.41, 5.74) is 0.262. The molecule has 0 bridgehead atoms. The highest BCUT2D eigenvalue weighted by atomic mass is 19.4. The van der Waals surface area contributed by atoms with Crippen LogP contribution in [0.2, 0.25) is 0 Å². The van der Waals surface area contributed by atoms with Crippen LogP contribution in [0.5, 0.6) is 0 Å². The molecule has 7 nitrogen and oxygen atoms in total. The molecule has 0 aromatic heterocycles. The van der Waals surface area contributed by atoms with Crippen LogP contribution in [0.25, 0.3) is 0 Å². The highest BCUT2D eigenvalue weighted by molar-refractivity contribution is 5.78. The molecule has 3 atom stereocenters. The molecule has 10 heteroatoms. The lowest BCUT2D eigenvalue weighted by Gasteiger charge is -2.28. The molecule has 190 valence electrons. The summed E-state index contributed by atoms with van der Waals surface area (Å²) in [6.07, 6.45) is -3.11.